The predicted octanol–water partition coefficient (Wildman–Crippen LogP) is 1.54. The lowest BCUT2D eigenvalue weighted by Crippen LogP contribution is -2.54. The number of aromatic nitrogens is 3. The lowest BCUT2D eigenvalue weighted by Gasteiger charge is -2.35. The number of H-pyrrole nitrogens is 1. The summed E-state index contributed by atoms with van der Waals surface area (Å²) in [5.41, 5.74) is 2.05. The molecule has 0 spiro atoms. The second-order valence-corrected chi connectivity index (χ2v) is 9.65. The van der Waals surface area contributed by atoms with Crippen LogP contribution in [0.15, 0.2) is 35.6 Å². The van der Waals surface area contributed by atoms with Crippen LogP contribution >= 0.6 is 24.0 Å². The second-order valence-electron chi connectivity index (χ2n) is 7.56. The number of guanidine groups is 1. The number of halogens is 1. The lowest BCUT2D eigenvalue weighted by molar-refractivity contribution is 0.0904. The van der Waals surface area contributed by atoms with Gasteiger partial charge in [-0.25, -0.2) is 13.4 Å². The van der Waals surface area contributed by atoms with E-state index in [-0.39, 0.29) is 42.4 Å². The molecule has 0 unspecified atom stereocenters. The quantitative estimate of drug-likeness (QED) is 0.278. The lowest BCUT2D eigenvalue weighted by atomic mass is 10.1. The molecule has 2 N–H and O–H groups in total. The van der Waals surface area contributed by atoms with Crippen LogP contribution in [0.1, 0.15) is 19.4 Å². The van der Waals surface area contributed by atoms with Gasteiger partial charge in [0.05, 0.1) is 18.5 Å². The molecule has 0 aliphatic carbocycles. The van der Waals surface area contributed by atoms with E-state index >= 15 is 0 Å². The zero-order valence-corrected chi connectivity index (χ0v) is 21.8. The van der Waals surface area contributed by atoms with Crippen molar-refractivity contribution in [1.82, 2.24) is 29.7 Å². The van der Waals surface area contributed by atoms with Crippen molar-refractivity contribution in [2.24, 2.45) is 4.99 Å². The van der Waals surface area contributed by atoms with Gasteiger partial charge in [-0.3, -0.25) is 10.1 Å². The number of aliphatic imine (C=N–C) groups is 1. The molecule has 12 heteroatoms. The van der Waals surface area contributed by atoms with Crippen LogP contribution in [0.2, 0.25) is 0 Å². The van der Waals surface area contributed by atoms with Crippen LogP contribution in [-0.4, -0.2) is 90.5 Å². The molecule has 1 aliphatic heterocycles. The Kier molecular flexibility index (Phi) is 10.3. The molecule has 1 saturated heterocycles. The van der Waals surface area contributed by atoms with Gasteiger partial charge in [-0.15, -0.1) is 24.0 Å². The van der Waals surface area contributed by atoms with Gasteiger partial charge in [0.1, 0.15) is 6.33 Å². The molecule has 0 saturated carbocycles. The monoisotopic (exact) mass is 577 g/mol. The van der Waals surface area contributed by atoms with Gasteiger partial charge in [-0.1, -0.05) is 18.2 Å². The highest BCUT2D eigenvalue weighted by atomic mass is 127. The maximum Gasteiger partial charge on any atom is 0.216 e. The maximum absolute atomic E-state index is 12.5. The number of nitrogens with zero attached hydrogens (tertiary/aromatic N) is 5. The molecule has 0 atom stereocenters. The molecule has 10 nitrogen and oxygen atoms in total. The first-order chi connectivity index (χ1) is 14.9. The molecule has 1 aromatic carbocycles. The zero-order chi connectivity index (χ0) is 22.3. The largest absolute Gasteiger partial charge is 0.378 e. The van der Waals surface area contributed by atoms with Crippen LogP contribution in [0.3, 0.4) is 0 Å². The van der Waals surface area contributed by atoms with E-state index in [0.717, 1.165) is 22.9 Å². The fraction of sp³-hybridized carbons (Fsp3) is 0.550. The molecule has 2 heterocycles. The number of aromatic amines is 1. The Labute approximate surface area is 206 Å². The highest BCUT2D eigenvalue weighted by Crippen LogP contribution is 2.15. The van der Waals surface area contributed by atoms with Gasteiger partial charge in [0.2, 0.25) is 10.0 Å². The Morgan fingerprint density at radius 2 is 2.03 bits per heavy atom. The molecule has 2 aromatic rings. The van der Waals surface area contributed by atoms with Crippen molar-refractivity contribution in [3.05, 3.63) is 36.2 Å². The number of ether oxygens (including phenoxy) is 1. The van der Waals surface area contributed by atoms with Crippen LogP contribution in [0, 0.1) is 0 Å². The molecule has 0 amide bonds. The highest BCUT2D eigenvalue weighted by Gasteiger charge is 2.28. The van der Waals surface area contributed by atoms with Crippen LogP contribution in [0.25, 0.3) is 11.4 Å². The fourth-order valence-corrected chi connectivity index (χ4v) is 4.67. The van der Waals surface area contributed by atoms with Crippen molar-refractivity contribution in [3.8, 4) is 11.4 Å². The molecule has 0 bridgehead atoms. The normalized spacial score (nSPS) is 15.6. The molecule has 0 radical (unpaired) electrons. The van der Waals surface area contributed by atoms with E-state index in [9.17, 15) is 8.42 Å². The summed E-state index contributed by atoms with van der Waals surface area (Å²) in [5.74, 6) is 1.49. The summed E-state index contributed by atoms with van der Waals surface area (Å²) in [6.07, 6.45) is 1.51. The Balaban J connectivity index is 0.00000363. The van der Waals surface area contributed by atoms with Crippen molar-refractivity contribution in [3.63, 3.8) is 0 Å². The molecule has 1 aliphatic rings. The first-order valence-electron chi connectivity index (χ1n) is 10.4. The Morgan fingerprint density at radius 3 is 2.66 bits per heavy atom. The number of hydrogen-bond donors (Lipinski definition) is 2. The Morgan fingerprint density at radius 1 is 1.28 bits per heavy atom. The second kappa shape index (κ2) is 12.5. The molecule has 3 rings (SSSR count). The van der Waals surface area contributed by atoms with Crippen molar-refractivity contribution in [1.29, 1.82) is 0 Å². The van der Waals surface area contributed by atoms with Gasteiger partial charge in [0.25, 0.3) is 0 Å². The fourth-order valence-electron chi connectivity index (χ4n) is 3.38. The van der Waals surface area contributed by atoms with Crippen LogP contribution in [0.4, 0.5) is 0 Å². The summed E-state index contributed by atoms with van der Waals surface area (Å²) in [5, 5.41) is 10.1. The SMILES string of the molecule is CN=C(NCc1cccc(-c2ncn[nH]2)c1)N1CCN(S(=O)(=O)CCOC(C)C)CC1.I. The van der Waals surface area contributed by atoms with Gasteiger partial charge in [-0.2, -0.15) is 9.40 Å². The van der Waals surface area contributed by atoms with E-state index in [0.29, 0.717) is 32.7 Å². The molecular formula is C20H32IN7O3S. The zero-order valence-electron chi connectivity index (χ0n) is 18.7. The average molecular weight is 577 g/mol. The van der Waals surface area contributed by atoms with Gasteiger partial charge in [-0.05, 0) is 25.5 Å². The minimum atomic E-state index is -3.31. The van der Waals surface area contributed by atoms with Crippen LogP contribution in [0.5, 0.6) is 0 Å². The standard InChI is InChI=1S/C20H31N7O3S.HI/c1-16(2)30-11-12-31(28,29)27-9-7-26(8-10-27)20(21-3)22-14-17-5-4-6-18(13-17)19-23-15-24-25-19;/h4-6,13,15-16H,7-12,14H2,1-3H3,(H,21,22)(H,23,24,25);1H. The third-order valence-electron chi connectivity index (χ3n) is 5.00. The van der Waals surface area contributed by atoms with E-state index in [2.05, 4.69) is 30.4 Å². The third-order valence-corrected chi connectivity index (χ3v) is 6.84. The topological polar surface area (TPSA) is 116 Å². The molecule has 1 aromatic heterocycles. The van der Waals surface area contributed by atoms with Crippen molar-refractivity contribution in [2.75, 3.05) is 45.6 Å². The minimum Gasteiger partial charge on any atom is -0.378 e. The van der Waals surface area contributed by atoms with Gasteiger partial charge in [0.15, 0.2) is 11.8 Å². The minimum absolute atomic E-state index is 0. The van der Waals surface area contributed by atoms with Gasteiger partial charge in [0, 0.05) is 45.3 Å². The Bertz CT molecular complexity index is 959. The summed E-state index contributed by atoms with van der Waals surface area (Å²) in [6, 6.07) is 8.03. The first-order valence-corrected chi connectivity index (χ1v) is 12.0. The van der Waals surface area contributed by atoms with E-state index in [1.807, 2.05) is 38.1 Å². The highest BCUT2D eigenvalue weighted by molar-refractivity contribution is 14.0. The molecule has 178 valence electrons. The van der Waals surface area contributed by atoms with Crippen molar-refractivity contribution in [2.45, 2.75) is 26.5 Å². The van der Waals surface area contributed by atoms with Crippen LogP contribution < -0.4 is 5.32 Å². The first kappa shape index (κ1) is 26.5. The summed E-state index contributed by atoms with van der Waals surface area (Å²) >= 11 is 0. The van der Waals surface area contributed by atoms with E-state index in [1.165, 1.54) is 6.33 Å². The van der Waals surface area contributed by atoms with Gasteiger partial charge < -0.3 is 15.0 Å². The predicted molar refractivity (Wildman–Crippen MR) is 135 cm³/mol. The van der Waals surface area contributed by atoms with Crippen molar-refractivity contribution < 1.29 is 13.2 Å². The number of sulfonamides is 1. The molecular weight excluding hydrogens is 545 g/mol. The molecule has 32 heavy (non-hydrogen) atoms. The van der Waals surface area contributed by atoms with Gasteiger partial charge >= 0.3 is 0 Å². The summed E-state index contributed by atoms with van der Waals surface area (Å²) in [7, 11) is -1.57. The number of nitrogens with one attached hydrogen (secondary N) is 2. The maximum atomic E-state index is 12.5. The number of benzene rings is 1. The van der Waals surface area contributed by atoms with Crippen LogP contribution in [-0.2, 0) is 21.3 Å². The number of hydrogen-bond acceptors (Lipinski definition) is 6. The number of rotatable bonds is 8. The summed E-state index contributed by atoms with van der Waals surface area (Å²) in [6.45, 7) is 6.65. The molecule has 1 fully saturated rings. The number of piperazine rings is 1. The summed E-state index contributed by atoms with van der Waals surface area (Å²) in [4.78, 5) is 10.6. The van der Waals surface area contributed by atoms with E-state index in [4.69, 9.17) is 4.74 Å². The third kappa shape index (κ3) is 7.39. The van der Waals surface area contributed by atoms with E-state index in [1.54, 1.807) is 11.4 Å². The summed E-state index contributed by atoms with van der Waals surface area (Å²) < 4.78 is 32.0. The Hall–Kier alpha value is -1.77. The van der Waals surface area contributed by atoms with E-state index < -0.39 is 10.0 Å². The smallest absolute Gasteiger partial charge is 0.216 e. The van der Waals surface area contributed by atoms with Crippen molar-refractivity contribution >= 4 is 40.0 Å². The average Bonchev–Trinajstić information content (AvgIpc) is 3.29.